The average molecular weight is 277 g/mol. The van der Waals surface area contributed by atoms with Crippen LogP contribution in [0.4, 0.5) is 0 Å². The van der Waals surface area contributed by atoms with Crippen LogP contribution >= 0.6 is 0 Å². The van der Waals surface area contributed by atoms with Crippen LogP contribution < -0.4 is 5.32 Å². The highest BCUT2D eigenvalue weighted by Crippen LogP contribution is 2.22. The van der Waals surface area contributed by atoms with Crippen molar-refractivity contribution in [1.29, 1.82) is 0 Å². The Labute approximate surface area is 125 Å². The van der Waals surface area contributed by atoms with E-state index in [4.69, 9.17) is 0 Å². The molecule has 106 valence electrons. The molecule has 3 heteroatoms. The fourth-order valence-corrected chi connectivity index (χ4v) is 2.48. The Kier molecular flexibility index (Phi) is 4.12. The van der Waals surface area contributed by atoms with Crippen molar-refractivity contribution in [2.75, 3.05) is 0 Å². The molecule has 1 aromatic heterocycles. The molecule has 0 spiro atoms. The molecule has 0 unspecified atom stereocenters. The van der Waals surface area contributed by atoms with E-state index >= 15 is 0 Å². The number of aryl methyl sites for hydroxylation is 1. The first-order valence-corrected chi connectivity index (χ1v) is 7.13. The van der Waals surface area contributed by atoms with Crippen LogP contribution in [0.25, 0.3) is 0 Å². The maximum absolute atomic E-state index is 4.17. The minimum atomic E-state index is 0.183. The van der Waals surface area contributed by atoms with Crippen LogP contribution in [0.5, 0.6) is 0 Å². The number of aromatic nitrogens is 2. The van der Waals surface area contributed by atoms with E-state index in [2.05, 4.69) is 58.8 Å². The van der Waals surface area contributed by atoms with Gasteiger partial charge in [0.2, 0.25) is 0 Å². The maximum Gasteiger partial charge on any atom is 0.0945 e. The maximum atomic E-state index is 4.17. The lowest BCUT2D eigenvalue weighted by molar-refractivity contribution is 0.584. The summed E-state index contributed by atoms with van der Waals surface area (Å²) in [5, 5.41) is 3.63. The van der Waals surface area contributed by atoms with Crippen molar-refractivity contribution in [3.8, 4) is 0 Å². The first-order chi connectivity index (χ1) is 10.3. The van der Waals surface area contributed by atoms with Gasteiger partial charge in [0.05, 0.1) is 18.1 Å². The molecule has 0 aliphatic heterocycles. The zero-order valence-corrected chi connectivity index (χ0v) is 12.1. The van der Waals surface area contributed by atoms with E-state index in [9.17, 15) is 0 Å². The zero-order chi connectivity index (χ0) is 14.5. The summed E-state index contributed by atoms with van der Waals surface area (Å²) in [5.41, 5.74) is 3.71. The van der Waals surface area contributed by atoms with Gasteiger partial charge in [0.25, 0.3) is 0 Å². The number of rotatable bonds is 5. The summed E-state index contributed by atoms with van der Waals surface area (Å²) in [6.45, 7) is 0.783. The van der Waals surface area contributed by atoms with Crippen molar-refractivity contribution < 1.29 is 0 Å². The smallest absolute Gasteiger partial charge is 0.0945 e. The predicted octanol–water partition coefficient (Wildman–Crippen LogP) is 3.30. The molecule has 2 aromatic carbocycles. The fourth-order valence-electron chi connectivity index (χ4n) is 2.48. The van der Waals surface area contributed by atoms with E-state index in [0.717, 1.165) is 6.54 Å². The summed E-state index contributed by atoms with van der Waals surface area (Å²) in [4.78, 5) is 4.17. The van der Waals surface area contributed by atoms with Gasteiger partial charge >= 0.3 is 0 Å². The fraction of sp³-hybridized carbons (Fsp3) is 0.167. The van der Waals surface area contributed by atoms with Gasteiger partial charge in [0.15, 0.2) is 0 Å². The molecule has 3 aromatic rings. The summed E-state index contributed by atoms with van der Waals surface area (Å²) in [7, 11) is 2.02. The van der Waals surface area contributed by atoms with Gasteiger partial charge in [-0.05, 0) is 11.1 Å². The van der Waals surface area contributed by atoms with Crippen molar-refractivity contribution in [2.45, 2.75) is 12.6 Å². The lowest BCUT2D eigenvalue weighted by Gasteiger charge is -2.20. The third-order valence-corrected chi connectivity index (χ3v) is 3.67. The van der Waals surface area contributed by atoms with Gasteiger partial charge in [-0.2, -0.15) is 0 Å². The van der Waals surface area contributed by atoms with Gasteiger partial charge in [-0.25, -0.2) is 4.98 Å². The molecule has 0 bridgehead atoms. The van der Waals surface area contributed by atoms with Gasteiger partial charge in [0.1, 0.15) is 0 Å². The van der Waals surface area contributed by atoms with Gasteiger partial charge in [0, 0.05) is 19.8 Å². The molecular weight excluding hydrogens is 258 g/mol. The van der Waals surface area contributed by atoms with Crippen molar-refractivity contribution in [1.82, 2.24) is 14.9 Å². The second-order valence-corrected chi connectivity index (χ2v) is 5.13. The molecule has 0 saturated carbocycles. The molecule has 21 heavy (non-hydrogen) atoms. The van der Waals surface area contributed by atoms with Crippen molar-refractivity contribution in [3.63, 3.8) is 0 Å². The van der Waals surface area contributed by atoms with Crippen LogP contribution in [0, 0.1) is 0 Å². The number of benzene rings is 2. The quantitative estimate of drug-likeness (QED) is 0.775. The summed E-state index contributed by atoms with van der Waals surface area (Å²) in [6.07, 6.45) is 3.73. The standard InChI is InChI=1S/C18H19N3/c1-21-14-19-12-17(21)13-20-18(15-8-4-2-5-9-15)16-10-6-3-7-11-16/h2-12,14,18,20H,13H2,1H3. The first-order valence-electron chi connectivity index (χ1n) is 7.13. The van der Waals surface area contributed by atoms with E-state index in [0.29, 0.717) is 0 Å². The molecule has 0 saturated heterocycles. The minimum absolute atomic E-state index is 0.183. The molecule has 0 fully saturated rings. The van der Waals surface area contributed by atoms with Crippen molar-refractivity contribution >= 4 is 0 Å². The molecule has 0 radical (unpaired) electrons. The second kappa shape index (κ2) is 6.37. The molecule has 3 nitrogen and oxygen atoms in total. The van der Waals surface area contributed by atoms with Crippen LogP contribution in [0.2, 0.25) is 0 Å². The third kappa shape index (κ3) is 3.20. The summed E-state index contributed by atoms with van der Waals surface area (Å²) < 4.78 is 2.04. The van der Waals surface area contributed by atoms with E-state index in [1.807, 2.05) is 36.3 Å². The molecular formula is C18H19N3. The lowest BCUT2D eigenvalue weighted by Crippen LogP contribution is -2.23. The van der Waals surface area contributed by atoms with Gasteiger partial charge < -0.3 is 9.88 Å². The highest BCUT2D eigenvalue weighted by atomic mass is 15.0. The van der Waals surface area contributed by atoms with E-state index in [-0.39, 0.29) is 6.04 Å². The number of nitrogens with zero attached hydrogens (tertiary/aromatic N) is 2. The summed E-state index contributed by atoms with van der Waals surface area (Å²) in [5.74, 6) is 0. The van der Waals surface area contributed by atoms with E-state index < -0.39 is 0 Å². The van der Waals surface area contributed by atoms with Gasteiger partial charge in [-0.3, -0.25) is 0 Å². The topological polar surface area (TPSA) is 29.9 Å². The Morgan fingerprint density at radius 3 is 2.00 bits per heavy atom. The van der Waals surface area contributed by atoms with Crippen LogP contribution in [0.15, 0.2) is 73.2 Å². The number of nitrogens with one attached hydrogen (secondary N) is 1. The van der Waals surface area contributed by atoms with Gasteiger partial charge in [-0.1, -0.05) is 60.7 Å². The van der Waals surface area contributed by atoms with Crippen LogP contribution in [0.1, 0.15) is 22.9 Å². The average Bonchev–Trinajstić information content (AvgIpc) is 2.95. The van der Waals surface area contributed by atoms with Crippen molar-refractivity contribution in [3.05, 3.63) is 90.0 Å². The zero-order valence-electron chi connectivity index (χ0n) is 12.1. The van der Waals surface area contributed by atoms with Crippen LogP contribution in [-0.2, 0) is 13.6 Å². The van der Waals surface area contributed by atoms with Crippen molar-refractivity contribution in [2.24, 2.45) is 7.05 Å². The normalized spacial score (nSPS) is 11.0. The summed E-state index contributed by atoms with van der Waals surface area (Å²) in [6, 6.07) is 21.2. The summed E-state index contributed by atoms with van der Waals surface area (Å²) >= 11 is 0. The Bertz CT molecular complexity index is 634. The first kappa shape index (κ1) is 13.6. The van der Waals surface area contributed by atoms with Gasteiger partial charge in [-0.15, -0.1) is 0 Å². The number of hydrogen-bond donors (Lipinski definition) is 1. The highest BCUT2D eigenvalue weighted by Gasteiger charge is 2.13. The van der Waals surface area contributed by atoms with E-state index in [1.165, 1.54) is 16.8 Å². The molecule has 1 N–H and O–H groups in total. The Morgan fingerprint density at radius 1 is 0.952 bits per heavy atom. The van der Waals surface area contributed by atoms with Crippen LogP contribution in [0.3, 0.4) is 0 Å². The Hall–Kier alpha value is -2.39. The second-order valence-electron chi connectivity index (χ2n) is 5.13. The SMILES string of the molecule is Cn1cncc1CNC(c1ccccc1)c1ccccc1. The highest BCUT2D eigenvalue weighted by molar-refractivity contribution is 5.31. The lowest BCUT2D eigenvalue weighted by atomic mass is 9.99. The Morgan fingerprint density at radius 2 is 1.52 bits per heavy atom. The third-order valence-electron chi connectivity index (χ3n) is 3.67. The minimum Gasteiger partial charge on any atom is -0.337 e. The number of hydrogen-bond acceptors (Lipinski definition) is 2. The monoisotopic (exact) mass is 277 g/mol. The molecule has 3 rings (SSSR count). The number of imidazole rings is 1. The Balaban J connectivity index is 1.85. The predicted molar refractivity (Wildman–Crippen MR) is 84.8 cm³/mol. The van der Waals surface area contributed by atoms with E-state index in [1.54, 1.807) is 0 Å². The molecule has 0 amide bonds. The molecule has 0 aliphatic carbocycles. The molecule has 1 heterocycles. The molecule has 0 aliphatic rings. The largest absolute Gasteiger partial charge is 0.337 e. The molecule has 0 atom stereocenters. The van der Waals surface area contributed by atoms with Crippen LogP contribution in [-0.4, -0.2) is 9.55 Å².